The molecule has 0 amide bonds. The van der Waals surface area contributed by atoms with Crippen LogP contribution in [0.2, 0.25) is 0 Å². The Labute approximate surface area is 166 Å². The van der Waals surface area contributed by atoms with E-state index in [0.29, 0.717) is 18.9 Å². The minimum atomic E-state index is -4.58. The molecule has 12 heteroatoms. The molecule has 4 rings (SSSR count). The number of nitrogens with zero attached hydrogens (tertiary/aromatic N) is 5. The quantitative estimate of drug-likeness (QED) is 0.508. The van der Waals surface area contributed by atoms with Crippen molar-refractivity contribution in [1.82, 2.24) is 24.5 Å². The van der Waals surface area contributed by atoms with Crippen molar-refractivity contribution in [2.45, 2.75) is 44.1 Å². The monoisotopic (exact) mass is 430 g/mol. The number of benzene rings is 1. The van der Waals surface area contributed by atoms with E-state index in [1.165, 1.54) is 11.0 Å². The number of aromatic nitrogens is 5. The zero-order valence-corrected chi connectivity index (χ0v) is 15.4. The Morgan fingerprint density at radius 2 is 1.83 bits per heavy atom. The molecule has 1 aliphatic heterocycles. The summed E-state index contributed by atoms with van der Waals surface area (Å²) in [7, 11) is 0. The summed E-state index contributed by atoms with van der Waals surface area (Å²) in [4.78, 5) is 0. The summed E-state index contributed by atoms with van der Waals surface area (Å²) in [5.74, 6) is -3.13. The zero-order chi connectivity index (χ0) is 21.6. The molecule has 30 heavy (non-hydrogen) atoms. The van der Waals surface area contributed by atoms with Gasteiger partial charge in [-0.25, -0.2) is 13.2 Å². The highest BCUT2D eigenvalue weighted by molar-refractivity contribution is 5.51. The summed E-state index contributed by atoms with van der Waals surface area (Å²) in [5.41, 5.74) is 5.24. The van der Waals surface area contributed by atoms with Crippen molar-refractivity contribution < 1.29 is 26.3 Å². The van der Waals surface area contributed by atoms with E-state index in [1.807, 2.05) is 0 Å². The average molecular weight is 430 g/mol. The van der Waals surface area contributed by atoms with Gasteiger partial charge >= 0.3 is 6.18 Å². The van der Waals surface area contributed by atoms with E-state index in [9.17, 15) is 26.3 Å². The molecule has 0 spiro atoms. The van der Waals surface area contributed by atoms with Gasteiger partial charge in [-0.3, -0.25) is 4.68 Å². The van der Waals surface area contributed by atoms with Gasteiger partial charge in [-0.15, -0.1) is 10.2 Å². The van der Waals surface area contributed by atoms with Crippen LogP contribution >= 0.6 is 0 Å². The SMILES string of the molecule is N[C@H](Cc1cc(F)c(F)cc1F)CC1CCn2nc(C(F)(F)F)cc2-c2nncn21. The summed E-state index contributed by atoms with van der Waals surface area (Å²) in [6, 6.07) is 1.24. The van der Waals surface area contributed by atoms with E-state index in [-0.39, 0.29) is 36.1 Å². The molecular formula is C18H16F6N6. The van der Waals surface area contributed by atoms with Crippen molar-refractivity contribution in [2.75, 3.05) is 0 Å². The lowest BCUT2D eigenvalue weighted by Crippen LogP contribution is -2.28. The number of hydrogen-bond donors (Lipinski definition) is 1. The lowest BCUT2D eigenvalue weighted by atomic mass is 9.98. The molecule has 3 heterocycles. The molecule has 0 saturated heterocycles. The van der Waals surface area contributed by atoms with E-state index >= 15 is 0 Å². The average Bonchev–Trinajstić information content (AvgIpc) is 3.27. The predicted octanol–water partition coefficient (Wildman–Crippen LogP) is 3.48. The van der Waals surface area contributed by atoms with Gasteiger partial charge in [-0.1, -0.05) is 0 Å². The Hall–Kier alpha value is -2.89. The summed E-state index contributed by atoms with van der Waals surface area (Å²) in [6.45, 7) is 0.186. The van der Waals surface area contributed by atoms with Crippen LogP contribution in [0.15, 0.2) is 24.5 Å². The van der Waals surface area contributed by atoms with Crippen LogP contribution in [-0.2, 0) is 19.1 Å². The fraction of sp³-hybridized carbons (Fsp3) is 0.389. The molecule has 1 aromatic carbocycles. The normalized spacial score (nSPS) is 17.4. The second-order valence-electron chi connectivity index (χ2n) is 7.20. The lowest BCUT2D eigenvalue weighted by Gasteiger charge is -2.21. The molecule has 0 aliphatic carbocycles. The smallest absolute Gasteiger partial charge is 0.327 e. The number of rotatable bonds is 4. The lowest BCUT2D eigenvalue weighted by molar-refractivity contribution is -0.141. The highest BCUT2D eigenvalue weighted by atomic mass is 19.4. The van der Waals surface area contributed by atoms with E-state index in [0.717, 1.165) is 12.1 Å². The number of hydrogen-bond acceptors (Lipinski definition) is 4. The molecule has 0 bridgehead atoms. The number of fused-ring (bicyclic) bond motifs is 3. The third-order valence-corrected chi connectivity index (χ3v) is 5.09. The van der Waals surface area contributed by atoms with Crippen LogP contribution in [0.5, 0.6) is 0 Å². The molecule has 6 nitrogen and oxygen atoms in total. The Balaban J connectivity index is 1.55. The zero-order valence-electron chi connectivity index (χ0n) is 15.4. The minimum absolute atomic E-state index is 0.0419. The van der Waals surface area contributed by atoms with Crippen molar-refractivity contribution >= 4 is 0 Å². The molecule has 3 aromatic rings. The first-order valence-corrected chi connectivity index (χ1v) is 9.07. The predicted molar refractivity (Wildman–Crippen MR) is 92.5 cm³/mol. The number of halogens is 6. The van der Waals surface area contributed by atoms with Crippen LogP contribution in [0.4, 0.5) is 26.3 Å². The van der Waals surface area contributed by atoms with E-state index in [4.69, 9.17) is 5.73 Å². The van der Waals surface area contributed by atoms with E-state index in [1.54, 1.807) is 4.57 Å². The van der Waals surface area contributed by atoms with Crippen LogP contribution in [0.25, 0.3) is 11.5 Å². The first-order valence-electron chi connectivity index (χ1n) is 9.07. The van der Waals surface area contributed by atoms with Gasteiger partial charge in [0.15, 0.2) is 23.2 Å². The number of aryl methyl sites for hydroxylation is 1. The molecule has 160 valence electrons. The highest BCUT2D eigenvalue weighted by Crippen LogP contribution is 2.35. The fourth-order valence-corrected chi connectivity index (χ4v) is 3.68. The standard InChI is InChI=1S/C18H16F6N6/c19-12-6-14(21)13(20)4-9(12)3-10(25)5-11-1-2-30-15(17-27-26-8-29(11)17)7-16(28-30)18(22,23)24/h4,6-8,10-11H,1-3,5,25H2/t10-,11?/m1/s1. The van der Waals surface area contributed by atoms with Gasteiger partial charge in [0.2, 0.25) is 0 Å². The number of alkyl halides is 3. The molecule has 2 atom stereocenters. The van der Waals surface area contributed by atoms with Crippen molar-refractivity contribution in [3.63, 3.8) is 0 Å². The Morgan fingerprint density at radius 1 is 1.10 bits per heavy atom. The fourth-order valence-electron chi connectivity index (χ4n) is 3.68. The van der Waals surface area contributed by atoms with Gasteiger partial charge in [0.05, 0.1) is 0 Å². The van der Waals surface area contributed by atoms with Gasteiger partial charge < -0.3 is 10.3 Å². The second-order valence-corrected chi connectivity index (χ2v) is 7.20. The van der Waals surface area contributed by atoms with Crippen LogP contribution < -0.4 is 5.73 Å². The van der Waals surface area contributed by atoms with Crippen molar-refractivity contribution in [3.05, 3.63) is 53.2 Å². The molecule has 2 aromatic heterocycles. The van der Waals surface area contributed by atoms with Crippen molar-refractivity contribution in [1.29, 1.82) is 0 Å². The molecule has 1 aliphatic rings. The van der Waals surface area contributed by atoms with Gasteiger partial charge in [-0.2, -0.15) is 18.3 Å². The topological polar surface area (TPSA) is 74.6 Å². The van der Waals surface area contributed by atoms with Gasteiger partial charge in [0.25, 0.3) is 0 Å². The van der Waals surface area contributed by atoms with Crippen molar-refractivity contribution in [3.8, 4) is 11.5 Å². The van der Waals surface area contributed by atoms with Crippen LogP contribution in [0.1, 0.15) is 30.1 Å². The van der Waals surface area contributed by atoms with E-state index < -0.39 is 35.4 Å². The summed E-state index contributed by atoms with van der Waals surface area (Å²) in [6.07, 6.45) is -2.56. The largest absolute Gasteiger partial charge is 0.435 e. The number of nitrogens with two attached hydrogens (primary N) is 1. The van der Waals surface area contributed by atoms with Crippen LogP contribution in [0.3, 0.4) is 0 Å². The molecule has 0 radical (unpaired) electrons. The van der Waals surface area contributed by atoms with Crippen LogP contribution in [-0.4, -0.2) is 30.6 Å². The van der Waals surface area contributed by atoms with Gasteiger partial charge in [0, 0.05) is 24.7 Å². The summed E-state index contributed by atoms with van der Waals surface area (Å²) in [5, 5.41) is 11.3. The maximum Gasteiger partial charge on any atom is 0.435 e. The first kappa shape index (κ1) is 20.4. The van der Waals surface area contributed by atoms with Crippen molar-refractivity contribution in [2.24, 2.45) is 5.73 Å². The summed E-state index contributed by atoms with van der Waals surface area (Å²) < 4.78 is 82.3. The summed E-state index contributed by atoms with van der Waals surface area (Å²) >= 11 is 0. The minimum Gasteiger partial charge on any atom is -0.327 e. The Kier molecular flexibility index (Phi) is 5.04. The second kappa shape index (κ2) is 7.42. The molecule has 0 fully saturated rings. The third kappa shape index (κ3) is 3.78. The molecular weight excluding hydrogens is 414 g/mol. The third-order valence-electron chi connectivity index (χ3n) is 5.09. The Bertz CT molecular complexity index is 1070. The van der Waals surface area contributed by atoms with Gasteiger partial charge in [0.1, 0.15) is 17.8 Å². The van der Waals surface area contributed by atoms with Gasteiger partial charge in [-0.05, 0) is 37.0 Å². The Morgan fingerprint density at radius 3 is 2.57 bits per heavy atom. The van der Waals surface area contributed by atoms with Crippen LogP contribution in [0, 0.1) is 17.5 Å². The maximum atomic E-state index is 13.9. The molecule has 0 saturated carbocycles. The van der Waals surface area contributed by atoms with E-state index in [2.05, 4.69) is 15.3 Å². The highest BCUT2D eigenvalue weighted by Gasteiger charge is 2.37. The molecule has 1 unspecified atom stereocenters. The first-order chi connectivity index (χ1) is 14.1. The molecule has 2 N–H and O–H groups in total. The maximum absolute atomic E-state index is 13.9.